The number of thiophene rings is 1. The summed E-state index contributed by atoms with van der Waals surface area (Å²) in [6.45, 7) is 0. The van der Waals surface area contributed by atoms with Crippen LogP contribution < -0.4 is 4.74 Å². The van der Waals surface area contributed by atoms with E-state index in [1.807, 2.05) is 18.2 Å². The smallest absolute Gasteiger partial charge is 0.123 e. The fraction of sp³-hybridized carbons (Fsp3) is 0.125. The summed E-state index contributed by atoms with van der Waals surface area (Å²) in [4.78, 5) is 0.127. The summed E-state index contributed by atoms with van der Waals surface area (Å²) in [5.41, 5.74) is 2.42. The molecule has 4 heteroatoms. The van der Waals surface area contributed by atoms with Crippen molar-refractivity contribution in [1.82, 2.24) is 0 Å². The first-order valence-electron chi connectivity index (χ1n) is 6.15. The van der Waals surface area contributed by atoms with Gasteiger partial charge in [0.05, 0.1) is 11.9 Å². The highest BCUT2D eigenvalue weighted by Crippen LogP contribution is 2.43. The van der Waals surface area contributed by atoms with Crippen LogP contribution in [0.4, 0.5) is 0 Å². The average Bonchev–Trinajstić information content (AvgIpc) is 2.92. The van der Waals surface area contributed by atoms with E-state index in [9.17, 15) is 0 Å². The van der Waals surface area contributed by atoms with Gasteiger partial charge in [0.25, 0.3) is 0 Å². The molecule has 102 valence electrons. The van der Waals surface area contributed by atoms with Gasteiger partial charge in [-0.05, 0) is 44.4 Å². The molecule has 1 nitrogen and oxygen atoms in total. The molecule has 1 heterocycles. The van der Waals surface area contributed by atoms with Crippen LogP contribution in [0.5, 0.6) is 5.75 Å². The third kappa shape index (κ3) is 2.41. The van der Waals surface area contributed by atoms with Gasteiger partial charge >= 0.3 is 0 Å². The number of benzene rings is 2. The van der Waals surface area contributed by atoms with Crippen molar-refractivity contribution >= 4 is 53.3 Å². The van der Waals surface area contributed by atoms with Crippen molar-refractivity contribution in [3.05, 3.63) is 63.4 Å². The molecule has 0 fully saturated rings. The van der Waals surface area contributed by atoms with Crippen LogP contribution in [-0.4, -0.2) is 7.11 Å². The topological polar surface area (TPSA) is 9.23 Å². The number of rotatable bonds is 3. The van der Waals surface area contributed by atoms with Crippen LogP contribution in [0, 0.1) is 0 Å². The highest BCUT2D eigenvalue weighted by atomic mass is 79.9. The monoisotopic (exact) mass is 410 g/mol. The summed E-state index contributed by atoms with van der Waals surface area (Å²) >= 11 is 9.20. The normalized spacial score (nSPS) is 12.6. The average molecular weight is 412 g/mol. The summed E-state index contributed by atoms with van der Waals surface area (Å²) in [5.74, 6) is 0.906. The van der Waals surface area contributed by atoms with Gasteiger partial charge in [0.2, 0.25) is 0 Å². The van der Waals surface area contributed by atoms with Gasteiger partial charge in [-0.1, -0.05) is 46.3 Å². The van der Waals surface area contributed by atoms with Gasteiger partial charge in [-0.2, -0.15) is 0 Å². The van der Waals surface area contributed by atoms with E-state index in [-0.39, 0.29) is 4.83 Å². The van der Waals surface area contributed by atoms with Crippen LogP contribution in [0.3, 0.4) is 0 Å². The van der Waals surface area contributed by atoms with Crippen LogP contribution in [0.1, 0.15) is 16.0 Å². The van der Waals surface area contributed by atoms with Gasteiger partial charge in [-0.15, -0.1) is 11.3 Å². The Hall–Kier alpha value is -0.840. The second-order valence-corrected chi connectivity index (χ2v) is 7.06. The van der Waals surface area contributed by atoms with Crippen molar-refractivity contribution in [3.8, 4) is 5.75 Å². The SMILES string of the molecule is COc1ccccc1C(Br)c1csc2c(Br)cccc12. The lowest BCUT2D eigenvalue weighted by atomic mass is 10.0. The molecule has 0 radical (unpaired) electrons. The number of methoxy groups -OCH3 is 1. The number of ether oxygens (including phenoxy) is 1. The second-order valence-electron chi connectivity index (χ2n) is 4.41. The zero-order valence-corrected chi connectivity index (χ0v) is 14.8. The van der Waals surface area contributed by atoms with Gasteiger partial charge in [0.15, 0.2) is 0 Å². The molecule has 1 atom stereocenters. The molecule has 2 aromatic carbocycles. The van der Waals surface area contributed by atoms with Crippen molar-refractivity contribution in [3.63, 3.8) is 0 Å². The molecule has 0 saturated heterocycles. The molecule has 0 amide bonds. The molecule has 20 heavy (non-hydrogen) atoms. The van der Waals surface area contributed by atoms with Gasteiger partial charge in [0, 0.05) is 14.7 Å². The molecule has 0 N–H and O–H groups in total. The summed E-state index contributed by atoms with van der Waals surface area (Å²) in [5, 5.41) is 3.48. The molecule has 3 aromatic rings. The summed E-state index contributed by atoms with van der Waals surface area (Å²) < 4.78 is 7.89. The molecule has 3 rings (SSSR count). The predicted octanol–water partition coefficient (Wildman–Crippen LogP) is 6.16. The van der Waals surface area contributed by atoms with Crippen LogP contribution in [0.15, 0.2) is 52.3 Å². The molecule has 0 aliphatic carbocycles. The lowest BCUT2D eigenvalue weighted by molar-refractivity contribution is 0.410. The minimum atomic E-state index is 0.127. The van der Waals surface area contributed by atoms with Crippen molar-refractivity contribution in [2.24, 2.45) is 0 Å². The summed E-state index contributed by atoms with van der Waals surface area (Å²) in [6, 6.07) is 14.4. The van der Waals surface area contributed by atoms with Crippen LogP contribution in [0.25, 0.3) is 10.1 Å². The Bertz CT molecular complexity index is 751. The second kappa shape index (κ2) is 5.88. The molecule has 0 saturated carbocycles. The zero-order valence-electron chi connectivity index (χ0n) is 10.8. The molecular weight excluding hydrogens is 400 g/mol. The predicted molar refractivity (Wildman–Crippen MR) is 93.3 cm³/mol. The minimum Gasteiger partial charge on any atom is -0.496 e. The summed E-state index contributed by atoms with van der Waals surface area (Å²) in [6.07, 6.45) is 0. The van der Waals surface area contributed by atoms with Gasteiger partial charge < -0.3 is 4.74 Å². The number of fused-ring (bicyclic) bond motifs is 1. The third-order valence-electron chi connectivity index (χ3n) is 3.27. The number of hydrogen-bond donors (Lipinski definition) is 0. The largest absolute Gasteiger partial charge is 0.496 e. The Kier molecular flexibility index (Phi) is 4.15. The number of alkyl halides is 1. The standard InChI is InChI=1S/C16H12Br2OS/c1-19-14-8-3-2-5-11(14)15(18)12-9-20-16-10(12)6-4-7-13(16)17/h2-9,15H,1H3. The van der Waals surface area contributed by atoms with E-state index in [4.69, 9.17) is 4.74 Å². The van der Waals surface area contributed by atoms with E-state index in [0.29, 0.717) is 0 Å². The van der Waals surface area contributed by atoms with Crippen molar-refractivity contribution in [2.45, 2.75) is 4.83 Å². The number of para-hydroxylation sites is 1. The van der Waals surface area contributed by atoms with E-state index in [2.05, 4.69) is 61.5 Å². The quantitative estimate of drug-likeness (QED) is 0.469. The Morgan fingerprint density at radius 3 is 2.65 bits per heavy atom. The third-order valence-corrected chi connectivity index (χ3v) is 6.22. The lowest BCUT2D eigenvalue weighted by Gasteiger charge is -2.14. The highest BCUT2D eigenvalue weighted by Gasteiger charge is 2.18. The van der Waals surface area contributed by atoms with Crippen LogP contribution >= 0.6 is 43.2 Å². The van der Waals surface area contributed by atoms with E-state index in [1.165, 1.54) is 15.6 Å². The molecule has 0 aliphatic heterocycles. The molecule has 1 aromatic heterocycles. The Morgan fingerprint density at radius 2 is 1.85 bits per heavy atom. The van der Waals surface area contributed by atoms with Crippen molar-refractivity contribution in [2.75, 3.05) is 7.11 Å². The molecule has 1 unspecified atom stereocenters. The minimum absolute atomic E-state index is 0.127. The maximum absolute atomic E-state index is 5.46. The molecule has 0 spiro atoms. The van der Waals surface area contributed by atoms with Gasteiger partial charge in [-0.25, -0.2) is 0 Å². The van der Waals surface area contributed by atoms with Gasteiger partial charge in [-0.3, -0.25) is 0 Å². The molecule has 0 aliphatic rings. The fourth-order valence-electron chi connectivity index (χ4n) is 2.28. The maximum atomic E-state index is 5.46. The fourth-order valence-corrected chi connectivity index (χ4v) is 4.86. The first-order valence-corrected chi connectivity index (χ1v) is 8.74. The first-order chi connectivity index (χ1) is 9.72. The van der Waals surface area contributed by atoms with Crippen LogP contribution in [-0.2, 0) is 0 Å². The van der Waals surface area contributed by atoms with Crippen molar-refractivity contribution < 1.29 is 4.74 Å². The Labute approximate surface area is 138 Å². The lowest BCUT2D eigenvalue weighted by Crippen LogP contribution is -1.96. The van der Waals surface area contributed by atoms with Crippen molar-refractivity contribution in [1.29, 1.82) is 0 Å². The van der Waals surface area contributed by atoms with Crippen LogP contribution in [0.2, 0.25) is 0 Å². The molecule has 0 bridgehead atoms. The van der Waals surface area contributed by atoms with Gasteiger partial charge in [0.1, 0.15) is 5.75 Å². The maximum Gasteiger partial charge on any atom is 0.123 e. The highest BCUT2D eigenvalue weighted by molar-refractivity contribution is 9.10. The number of halogens is 2. The Balaban J connectivity index is 2.13. The van der Waals surface area contributed by atoms with E-state index in [1.54, 1.807) is 18.4 Å². The zero-order chi connectivity index (χ0) is 14.1. The number of hydrogen-bond acceptors (Lipinski definition) is 2. The molecular formula is C16H12Br2OS. The Morgan fingerprint density at radius 1 is 1.05 bits per heavy atom. The van der Waals surface area contributed by atoms with E-state index < -0.39 is 0 Å². The van der Waals surface area contributed by atoms with E-state index in [0.717, 1.165) is 15.8 Å². The first kappa shape index (κ1) is 14.1. The van der Waals surface area contributed by atoms with E-state index >= 15 is 0 Å². The summed E-state index contributed by atoms with van der Waals surface area (Å²) in [7, 11) is 1.71.